The molecule has 0 unspecified atom stereocenters. The van der Waals surface area contributed by atoms with Gasteiger partial charge in [0.2, 0.25) is 0 Å². The summed E-state index contributed by atoms with van der Waals surface area (Å²) in [6.45, 7) is 0. The van der Waals surface area contributed by atoms with Crippen molar-refractivity contribution in [2.24, 2.45) is 0 Å². The van der Waals surface area contributed by atoms with E-state index in [1.807, 2.05) is 218 Å². The Morgan fingerprint density at radius 3 is 0.200 bits per heavy atom. The molecule has 0 radical (unpaired) electrons. The molecule has 0 fully saturated rings. The van der Waals surface area contributed by atoms with Gasteiger partial charge in [-0.05, 0) is 146 Å². The van der Waals surface area contributed by atoms with Gasteiger partial charge in [0, 0.05) is 131 Å². The van der Waals surface area contributed by atoms with E-state index in [0.29, 0.717) is 69.0 Å². The number of phenols is 12. The molecule has 0 aliphatic rings. The predicted molar refractivity (Wildman–Crippen MR) is 592 cm³/mol. The Morgan fingerprint density at radius 1 is 0.133 bits per heavy atom. The number of aromatic hydroxyl groups is 12. The van der Waals surface area contributed by atoms with Gasteiger partial charge in [-0.25, -0.2) is 0 Å². The Labute approximate surface area is 931 Å². The van der Waals surface area contributed by atoms with Gasteiger partial charge in [-0.2, -0.15) is 0 Å². The minimum absolute atomic E-state index is 0.159. The summed E-state index contributed by atoms with van der Waals surface area (Å²) < 4.78 is 214. The number of hydrogen-bond donors (Lipinski definition) is 12. The number of para-hydroxylation sites is 12. The van der Waals surface area contributed by atoms with E-state index in [2.05, 4.69) is 150 Å². The first-order chi connectivity index (χ1) is 68.6. The third kappa shape index (κ3) is 93.0. The van der Waals surface area contributed by atoms with Crippen LogP contribution in [-0.2, 0) is 153 Å². The molecule has 0 spiro atoms. The van der Waals surface area contributed by atoms with E-state index in [-0.39, 0.29) is 131 Å². The van der Waals surface area contributed by atoms with Gasteiger partial charge in [-0.15, -0.1) is 0 Å². The third-order valence-electron chi connectivity index (χ3n) is 15.7. The van der Waals surface area contributed by atoms with Gasteiger partial charge in [0.1, 0.15) is 150 Å². The fourth-order valence-corrected chi connectivity index (χ4v) is 19.7. The van der Waals surface area contributed by atoms with E-state index in [1.165, 1.54) is 0 Å². The summed E-state index contributed by atoms with van der Waals surface area (Å²) in [5.74, 6) is 4.95. The summed E-state index contributed by atoms with van der Waals surface area (Å²) in [4.78, 5) is 12.5. The molecule has 0 aliphatic carbocycles. The molecule has 12 aromatic carbocycles. The Bertz CT molecular complexity index is 4730. The van der Waals surface area contributed by atoms with Crippen LogP contribution in [0.2, 0.25) is 0 Å². The summed E-state index contributed by atoms with van der Waals surface area (Å²) in [6, 6.07) is 89.6. The van der Waals surface area contributed by atoms with Gasteiger partial charge >= 0.3 is 180 Å². The topological polar surface area (TPSA) is 622 Å². The maximum absolute atomic E-state index is 10.2. The van der Waals surface area contributed by atoms with Crippen LogP contribution >= 0.6 is 0 Å². The number of benzene rings is 12. The van der Waals surface area contributed by atoms with Crippen molar-refractivity contribution in [3.05, 3.63) is 291 Å². The average molecular weight is 2710 g/mol. The summed E-state index contributed by atoms with van der Waals surface area (Å²) in [7, 11) is 1.91. The molecule has 0 heterocycles. The standard InChI is InChI=1S/12C8H10OS.6AsFH2O3/c12*1-10(2)8-6-4-3-5-7(8)9;6*2-1(3,4)5/h12*3-6H,1-2H3;6*(H2,3,4,5). The SMILES string of the molecule is C[S+](C)c1ccccc1O.C[S+](C)c1ccccc1O.C[S+](C)c1ccccc1O.C[S+](C)c1ccccc1O.C[S+](C)c1ccccc1O.C[S+](C)c1ccccc1O.C[S+](C)c1ccccc1O.C[S+](C)c1ccccc1O.C[S+](C)c1ccccc1O.C[S+](C)c1ccccc1O.C[S+](C)c1ccccc1O.C[S+](C)c1ccccc1O.O=[As]([O-])([O-])F.O=[As]([O-])([O-])F.O=[As]([O-])([O-])F.O=[As]([O-])([O-])F.O=[As]([O-])([O-])F.O=[As]([O-])([O-])F. The van der Waals surface area contributed by atoms with E-state index < -0.39 is 87.9 Å². The van der Waals surface area contributed by atoms with Crippen molar-refractivity contribution in [3.63, 3.8) is 0 Å². The Hall–Kier alpha value is -6.31. The summed E-state index contributed by atoms with van der Waals surface area (Å²) in [6.07, 6.45) is 50.2. The van der Waals surface area contributed by atoms with E-state index in [9.17, 15) is 82.1 Å². The van der Waals surface area contributed by atoms with E-state index in [1.54, 1.807) is 72.8 Å². The third-order valence-corrected chi connectivity index (χ3v) is 30.4. The average Bonchev–Trinajstić information content (AvgIpc) is 0.956. The van der Waals surface area contributed by atoms with E-state index in [0.717, 1.165) is 58.7 Å². The molecule has 0 aliphatic heterocycles. The quantitative estimate of drug-likeness (QED) is 0.0444. The van der Waals surface area contributed by atoms with Crippen LogP contribution in [0, 0.1) is 0 Å². The van der Waals surface area contributed by atoms with Crippen LogP contribution in [0.4, 0.5) is 20.8 Å². The molecular formula is C96H132As6F6O30S12. The molecule has 0 saturated carbocycles. The van der Waals surface area contributed by atoms with Gasteiger partial charge in [0.05, 0.1) is 0 Å². The summed E-state index contributed by atoms with van der Waals surface area (Å²) in [5, 5.41) is 111. The predicted octanol–water partition coefficient (Wildman–Crippen LogP) is 4.80. The molecule has 12 rings (SSSR count). The van der Waals surface area contributed by atoms with Crippen LogP contribution in [0.5, 0.6) is 69.0 Å². The second-order valence-corrected chi connectivity index (χ2v) is 65.7. The van der Waals surface area contributed by atoms with E-state index >= 15 is 0 Å². The minimum atomic E-state index is -6.12. The van der Waals surface area contributed by atoms with Crippen LogP contribution in [0.15, 0.2) is 350 Å². The monoisotopic (exact) mass is 2710 g/mol. The van der Waals surface area contributed by atoms with Gasteiger partial charge in [-0.3, -0.25) is 0 Å². The molecular weight excluding hydrogens is 2580 g/mol. The zero-order valence-electron chi connectivity index (χ0n) is 86.3. The molecule has 0 atom stereocenters. The zero-order chi connectivity index (χ0) is 118. The van der Waals surface area contributed by atoms with E-state index in [4.69, 9.17) is 71.6 Å². The van der Waals surface area contributed by atoms with Crippen LogP contribution in [0.25, 0.3) is 0 Å². The number of rotatable bonds is 12. The molecule has 840 valence electrons. The second kappa shape index (κ2) is 83.1. The molecule has 0 aromatic heterocycles. The number of hydrogen-bond acceptors (Lipinski definition) is 30. The normalized spacial score (nSPS) is 10.6. The first-order valence-corrected chi connectivity index (χ1v) is 83.7. The fraction of sp³-hybridized carbons (Fsp3) is 0.250. The van der Waals surface area contributed by atoms with Gasteiger partial charge < -0.3 is 61.3 Å². The molecule has 54 heteroatoms. The Morgan fingerprint density at radius 2 is 0.173 bits per heavy atom. The van der Waals surface area contributed by atoms with Crippen molar-refractivity contribution >= 4 is 219 Å². The van der Waals surface area contributed by atoms with Crippen molar-refractivity contribution in [1.82, 2.24) is 0 Å². The van der Waals surface area contributed by atoms with Crippen LogP contribution < -0.4 is 49.1 Å². The first kappa shape index (κ1) is 154. The summed E-state index contributed by atoms with van der Waals surface area (Å²) >= 11 is -36.8. The molecule has 0 saturated heterocycles. The number of halogens is 6. The van der Waals surface area contributed by atoms with Crippen molar-refractivity contribution in [1.29, 1.82) is 0 Å². The summed E-state index contributed by atoms with van der Waals surface area (Å²) in [5.41, 5.74) is 0. The fourth-order valence-electron chi connectivity index (χ4n) is 9.63. The second-order valence-electron chi connectivity index (χ2n) is 30.0. The van der Waals surface area contributed by atoms with Crippen LogP contribution in [0.1, 0.15) is 0 Å². The van der Waals surface area contributed by atoms with Crippen molar-refractivity contribution in [2.75, 3.05) is 150 Å². The molecule has 0 amide bonds. The van der Waals surface area contributed by atoms with Gasteiger partial charge in [0.15, 0.2) is 128 Å². The molecule has 150 heavy (non-hydrogen) atoms. The molecule has 12 aromatic rings. The molecule has 12 N–H and O–H groups in total. The molecule has 30 nitrogen and oxygen atoms in total. The van der Waals surface area contributed by atoms with Crippen molar-refractivity contribution in [2.45, 2.75) is 58.7 Å². The zero-order valence-corrected chi connectivity index (χ0v) is 107. The van der Waals surface area contributed by atoms with Crippen molar-refractivity contribution < 1.29 is 154 Å². The maximum atomic E-state index is 10.2. The van der Waals surface area contributed by atoms with Gasteiger partial charge in [-0.1, -0.05) is 146 Å². The van der Waals surface area contributed by atoms with Crippen LogP contribution in [0.3, 0.4) is 0 Å². The molecule has 0 bridgehead atoms. The van der Waals surface area contributed by atoms with Gasteiger partial charge in [0.25, 0.3) is 0 Å². The Balaban J connectivity index is -0.000000368. The van der Waals surface area contributed by atoms with Crippen molar-refractivity contribution in [3.8, 4) is 69.0 Å². The van der Waals surface area contributed by atoms with Crippen LogP contribution in [-0.4, -0.2) is 299 Å². The Kier molecular flexibility index (Phi) is 85.5. The number of phenolic OH excluding ortho intramolecular Hbond substituents is 12. The first-order valence-electron chi connectivity index (χ1n) is 41.2.